The van der Waals surface area contributed by atoms with E-state index >= 15 is 0 Å². The van der Waals surface area contributed by atoms with Gasteiger partial charge < -0.3 is 14.9 Å². The van der Waals surface area contributed by atoms with Crippen molar-refractivity contribution in [3.63, 3.8) is 0 Å². The molecular formula is C28H26N4O5S. The number of carboxylic acids is 1. The number of anilines is 3. The maximum absolute atomic E-state index is 12.9. The second-order valence-electron chi connectivity index (χ2n) is 9.06. The maximum Gasteiger partial charge on any atom is 0.336 e. The van der Waals surface area contributed by atoms with Crippen LogP contribution >= 0.6 is 0 Å². The van der Waals surface area contributed by atoms with E-state index in [-0.39, 0.29) is 21.9 Å². The second kappa shape index (κ2) is 10.1. The monoisotopic (exact) mass is 530 g/mol. The zero-order chi connectivity index (χ0) is 26.9. The van der Waals surface area contributed by atoms with Gasteiger partial charge in [-0.1, -0.05) is 30.3 Å². The van der Waals surface area contributed by atoms with Crippen LogP contribution in [0.15, 0.2) is 83.8 Å². The molecule has 4 aromatic rings. The van der Waals surface area contributed by atoms with Gasteiger partial charge >= 0.3 is 5.97 Å². The van der Waals surface area contributed by atoms with E-state index in [2.05, 4.69) is 26.7 Å². The predicted molar refractivity (Wildman–Crippen MR) is 147 cm³/mol. The Kier molecular flexibility index (Phi) is 6.73. The lowest BCUT2D eigenvalue weighted by atomic mass is 10.1. The first-order valence-corrected chi connectivity index (χ1v) is 13.6. The van der Waals surface area contributed by atoms with Gasteiger partial charge in [-0.15, -0.1) is 0 Å². The van der Waals surface area contributed by atoms with Crippen molar-refractivity contribution in [3.05, 3.63) is 90.0 Å². The molecule has 3 aromatic carbocycles. The van der Waals surface area contributed by atoms with Crippen molar-refractivity contribution in [3.8, 4) is 0 Å². The lowest BCUT2D eigenvalue weighted by Gasteiger charge is -2.37. The maximum atomic E-state index is 12.9. The lowest BCUT2D eigenvalue weighted by molar-refractivity contribution is 0.0698. The molecule has 2 heterocycles. The number of rotatable bonds is 7. The molecule has 0 radical (unpaired) electrons. The first-order chi connectivity index (χ1) is 18.2. The van der Waals surface area contributed by atoms with Crippen LogP contribution < -0.4 is 14.5 Å². The Bertz CT molecular complexity index is 1610. The molecule has 1 fully saturated rings. The largest absolute Gasteiger partial charge is 0.478 e. The van der Waals surface area contributed by atoms with Crippen LogP contribution in [0.25, 0.3) is 10.9 Å². The Balaban J connectivity index is 1.39. The van der Waals surface area contributed by atoms with Crippen molar-refractivity contribution in [1.29, 1.82) is 0 Å². The highest BCUT2D eigenvalue weighted by Crippen LogP contribution is 2.28. The number of fused-ring (bicyclic) bond motifs is 1. The van der Waals surface area contributed by atoms with Gasteiger partial charge in [-0.05, 0) is 55.5 Å². The van der Waals surface area contributed by atoms with Crippen molar-refractivity contribution >= 4 is 49.9 Å². The van der Waals surface area contributed by atoms with E-state index in [1.165, 1.54) is 37.3 Å². The number of pyridine rings is 1. The van der Waals surface area contributed by atoms with Gasteiger partial charge in [0.1, 0.15) is 5.82 Å². The number of piperazine rings is 1. The van der Waals surface area contributed by atoms with Crippen LogP contribution in [0.3, 0.4) is 0 Å². The molecule has 38 heavy (non-hydrogen) atoms. The van der Waals surface area contributed by atoms with E-state index in [4.69, 9.17) is 4.98 Å². The standard InChI is InChI=1S/C28H26N4O5S/c1-19(33)20-7-10-23(11-8-20)38(36,37)30-21-9-12-26-24(17-21)25(28(34)35)18-27(29-26)32-15-13-31(14-16-32)22-5-3-2-4-6-22/h2-12,17-18,30H,13-16H2,1H3,(H,34,35). The summed E-state index contributed by atoms with van der Waals surface area (Å²) in [5.41, 5.74) is 2.27. The number of hydrogen-bond acceptors (Lipinski definition) is 7. The molecule has 0 amide bonds. The Morgan fingerprint density at radius 2 is 1.53 bits per heavy atom. The summed E-state index contributed by atoms with van der Waals surface area (Å²) in [6, 6.07) is 21.9. The Morgan fingerprint density at radius 3 is 2.16 bits per heavy atom. The van der Waals surface area contributed by atoms with Gasteiger partial charge in [0.25, 0.3) is 10.0 Å². The fourth-order valence-electron chi connectivity index (χ4n) is 4.53. The third kappa shape index (κ3) is 5.16. The first kappa shape index (κ1) is 25.2. The van der Waals surface area contributed by atoms with Gasteiger partial charge in [-0.25, -0.2) is 18.2 Å². The topological polar surface area (TPSA) is 120 Å². The van der Waals surface area contributed by atoms with Crippen LogP contribution in [-0.2, 0) is 10.0 Å². The van der Waals surface area contributed by atoms with Gasteiger partial charge in [0, 0.05) is 48.5 Å². The van der Waals surface area contributed by atoms with Crippen LogP contribution in [-0.4, -0.2) is 56.4 Å². The zero-order valence-electron chi connectivity index (χ0n) is 20.7. The Morgan fingerprint density at radius 1 is 0.868 bits per heavy atom. The highest BCUT2D eigenvalue weighted by atomic mass is 32.2. The quantitative estimate of drug-likeness (QED) is 0.340. The highest BCUT2D eigenvalue weighted by molar-refractivity contribution is 7.92. The van der Waals surface area contributed by atoms with E-state index in [0.29, 0.717) is 35.4 Å². The number of para-hydroxylation sites is 1. The summed E-state index contributed by atoms with van der Waals surface area (Å²) >= 11 is 0. The van der Waals surface area contributed by atoms with Crippen molar-refractivity contribution < 1.29 is 23.1 Å². The summed E-state index contributed by atoms with van der Waals surface area (Å²) in [5.74, 6) is -0.717. The van der Waals surface area contributed by atoms with Crippen LogP contribution in [0.2, 0.25) is 0 Å². The number of sulfonamides is 1. The Labute approximate surface area is 220 Å². The number of nitrogens with one attached hydrogen (secondary N) is 1. The summed E-state index contributed by atoms with van der Waals surface area (Å²) in [4.78, 5) is 32.7. The molecule has 1 aliphatic heterocycles. The van der Waals surface area contributed by atoms with E-state index < -0.39 is 16.0 Å². The minimum atomic E-state index is -3.95. The summed E-state index contributed by atoms with van der Waals surface area (Å²) in [7, 11) is -3.95. The summed E-state index contributed by atoms with van der Waals surface area (Å²) in [6.07, 6.45) is 0. The van der Waals surface area contributed by atoms with Crippen molar-refractivity contribution in [1.82, 2.24) is 4.98 Å². The SMILES string of the molecule is CC(=O)c1ccc(S(=O)(=O)Nc2ccc3nc(N4CCN(c5ccccc5)CC4)cc(C(=O)O)c3c2)cc1. The summed E-state index contributed by atoms with van der Waals surface area (Å²) in [5, 5.41) is 10.3. The van der Waals surface area contributed by atoms with Crippen molar-refractivity contribution in [2.24, 2.45) is 0 Å². The number of ketones is 1. The molecule has 1 aliphatic rings. The molecular weight excluding hydrogens is 504 g/mol. The molecule has 194 valence electrons. The number of benzene rings is 3. The molecule has 5 rings (SSSR count). The van der Waals surface area contributed by atoms with Gasteiger partial charge in [0.2, 0.25) is 0 Å². The van der Waals surface area contributed by atoms with E-state index in [9.17, 15) is 23.1 Å². The number of hydrogen-bond donors (Lipinski definition) is 2. The minimum Gasteiger partial charge on any atom is -0.478 e. The summed E-state index contributed by atoms with van der Waals surface area (Å²) in [6.45, 7) is 4.33. The first-order valence-electron chi connectivity index (χ1n) is 12.1. The molecule has 1 aromatic heterocycles. The van der Waals surface area contributed by atoms with Crippen LogP contribution in [0, 0.1) is 0 Å². The van der Waals surface area contributed by atoms with E-state index in [1.807, 2.05) is 18.2 Å². The van der Waals surface area contributed by atoms with Gasteiger partial charge in [-0.2, -0.15) is 0 Å². The fourth-order valence-corrected chi connectivity index (χ4v) is 5.58. The number of nitrogens with zero attached hydrogens (tertiary/aromatic N) is 3. The molecule has 0 saturated carbocycles. The predicted octanol–water partition coefficient (Wildman–Crippen LogP) is 4.26. The third-order valence-electron chi connectivity index (χ3n) is 6.57. The zero-order valence-corrected chi connectivity index (χ0v) is 21.5. The normalized spacial score (nSPS) is 13.9. The van der Waals surface area contributed by atoms with E-state index in [0.717, 1.165) is 18.8 Å². The van der Waals surface area contributed by atoms with Gasteiger partial charge in [-0.3, -0.25) is 9.52 Å². The molecule has 1 saturated heterocycles. The van der Waals surface area contributed by atoms with Crippen molar-refractivity contribution in [2.45, 2.75) is 11.8 Å². The number of aromatic carboxylic acids is 1. The number of carbonyl (C=O) groups excluding carboxylic acids is 1. The molecule has 2 N–H and O–H groups in total. The average molecular weight is 531 g/mol. The van der Waals surface area contributed by atoms with Gasteiger partial charge in [0.05, 0.1) is 16.0 Å². The van der Waals surface area contributed by atoms with Crippen LogP contribution in [0.4, 0.5) is 17.2 Å². The molecule has 0 unspecified atom stereocenters. The minimum absolute atomic E-state index is 0.0100. The summed E-state index contributed by atoms with van der Waals surface area (Å²) < 4.78 is 28.3. The van der Waals surface area contributed by atoms with Gasteiger partial charge in [0.15, 0.2) is 5.78 Å². The number of aromatic nitrogens is 1. The molecule has 0 aliphatic carbocycles. The van der Waals surface area contributed by atoms with Crippen molar-refractivity contribution in [2.75, 3.05) is 40.7 Å². The number of Topliss-reactive ketones (excluding diaryl/α,β-unsaturated/α-hetero) is 1. The Hall–Kier alpha value is -4.44. The number of carbonyl (C=O) groups is 2. The van der Waals surface area contributed by atoms with E-state index in [1.54, 1.807) is 18.2 Å². The van der Waals surface area contributed by atoms with Crippen LogP contribution in [0.1, 0.15) is 27.6 Å². The number of carboxylic acid groups (broad SMARTS) is 1. The lowest BCUT2D eigenvalue weighted by Crippen LogP contribution is -2.46. The molecule has 0 bridgehead atoms. The third-order valence-corrected chi connectivity index (χ3v) is 7.97. The second-order valence-corrected chi connectivity index (χ2v) is 10.7. The average Bonchev–Trinajstić information content (AvgIpc) is 2.93. The molecule has 0 spiro atoms. The van der Waals surface area contributed by atoms with Crippen LogP contribution in [0.5, 0.6) is 0 Å². The molecule has 0 atom stereocenters. The molecule has 9 nitrogen and oxygen atoms in total. The molecule has 10 heteroatoms. The fraction of sp³-hybridized carbons (Fsp3) is 0.179. The smallest absolute Gasteiger partial charge is 0.336 e. The highest BCUT2D eigenvalue weighted by Gasteiger charge is 2.22.